The van der Waals surface area contributed by atoms with Gasteiger partial charge in [-0.3, -0.25) is 9.89 Å². The fraction of sp³-hybridized carbons (Fsp3) is 0.375. The van der Waals surface area contributed by atoms with Crippen LogP contribution in [0, 0.1) is 12.7 Å². The molecule has 0 bridgehead atoms. The molecule has 1 saturated carbocycles. The second kappa shape index (κ2) is 6.20. The molecule has 1 heterocycles. The molecule has 122 valence electrons. The van der Waals surface area contributed by atoms with Gasteiger partial charge in [0.1, 0.15) is 11.6 Å². The first-order valence-electron chi connectivity index (χ1n) is 7.43. The van der Waals surface area contributed by atoms with Crippen molar-refractivity contribution in [2.45, 2.75) is 38.7 Å². The molecule has 23 heavy (non-hydrogen) atoms. The fourth-order valence-electron chi connectivity index (χ4n) is 2.34. The Balaban J connectivity index is 1.65. The van der Waals surface area contributed by atoms with E-state index in [4.69, 9.17) is 16.3 Å². The number of aromatic nitrogens is 2. The van der Waals surface area contributed by atoms with Crippen LogP contribution in [0.5, 0.6) is 5.75 Å². The smallest absolute Gasteiger partial charge is 0.266 e. The Morgan fingerprint density at radius 2 is 2.26 bits per heavy atom. The standard InChI is InChI=1S/C16H17ClFN3O2/c1-8-14(10-3-4-10)20-21-15(8)19-16(22)9(2)23-13-6-5-11(18)7-12(13)17/h5-7,9-10H,3-4H2,1-2H3,(H2,19,20,21,22). The molecule has 1 unspecified atom stereocenters. The van der Waals surface area contributed by atoms with Gasteiger partial charge in [-0.2, -0.15) is 5.10 Å². The van der Waals surface area contributed by atoms with Crippen molar-refractivity contribution in [1.29, 1.82) is 0 Å². The molecule has 1 aromatic heterocycles. The highest BCUT2D eigenvalue weighted by molar-refractivity contribution is 6.32. The van der Waals surface area contributed by atoms with Crippen LogP contribution in [0.25, 0.3) is 0 Å². The lowest BCUT2D eigenvalue weighted by atomic mass is 10.2. The van der Waals surface area contributed by atoms with E-state index in [2.05, 4.69) is 15.5 Å². The highest BCUT2D eigenvalue weighted by Gasteiger charge is 2.29. The summed E-state index contributed by atoms with van der Waals surface area (Å²) in [7, 11) is 0. The molecular formula is C16H17ClFN3O2. The zero-order chi connectivity index (χ0) is 16.6. The third-order valence-corrected chi connectivity index (χ3v) is 4.14. The van der Waals surface area contributed by atoms with Crippen LogP contribution in [0.15, 0.2) is 18.2 Å². The Hall–Kier alpha value is -2.08. The average molecular weight is 338 g/mol. The van der Waals surface area contributed by atoms with E-state index in [0.717, 1.165) is 30.2 Å². The number of nitrogens with zero attached hydrogens (tertiary/aromatic N) is 1. The largest absolute Gasteiger partial charge is 0.479 e. The first-order chi connectivity index (χ1) is 11.0. The molecule has 0 saturated heterocycles. The lowest BCUT2D eigenvalue weighted by molar-refractivity contribution is -0.122. The number of rotatable bonds is 5. The van der Waals surface area contributed by atoms with E-state index in [0.29, 0.717) is 11.7 Å². The molecule has 0 radical (unpaired) electrons. The van der Waals surface area contributed by atoms with E-state index < -0.39 is 11.9 Å². The van der Waals surface area contributed by atoms with Gasteiger partial charge in [-0.1, -0.05) is 11.6 Å². The number of aromatic amines is 1. The van der Waals surface area contributed by atoms with Gasteiger partial charge in [-0.15, -0.1) is 0 Å². The Morgan fingerprint density at radius 1 is 1.52 bits per heavy atom. The number of benzene rings is 1. The minimum atomic E-state index is -0.793. The monoisotopic (exact) mass is 337 g/mol. The minimum Gasteiger partial charge on any atom is -0.479 e. The van der Waals surface area contributed by atoms with Gasteiger partial charge >= 0.3 is 0 Å². The number of H-pyrrole nitrogens is 1. The number of amides is 1. The Bertz CT molecular complexity index is 743. The lowest BCUT2D eigenvalue weighted by Gasteiger charge is -2.15. The second-order valence-corrected chi connectivity index (χ2v) is 6.12. The first kappa shape index (κ1) is 15.8. The molecule has 3 rings (SSSR count). The van der Waals surface area contributed by atoms with Gasteiger partial charge in [0.15, 0.2) is 11.9 Å². The van der Waals surface area contributed by atoms with E-state index in [-0.39, 0.29) is 16.7 Å². The van der Waals surface area contributed by atoms with Crippen LogP contribution in [0.2, 0.25) is 5.02 Å². The molecule has 7 heteroatoms. The predicted octanol–water partition coefficient (Wildman–Crippen LogP) is 3.79. The SMILES string of the molecule is Cc1c(NC(=O)C(C)Oc2ccc(F)cc2Cl)n[nH]c1C1CC1. The van der Waals surface area contributed by atoms with Crippen LogP contribution in [0.3, 0.4) is 0 Å². The summed E-state index contributed by atoms with van der Waals surface area (Å²) in [4.78, 5) is 12.2. The fourth-order valence-corrected chi connectivity index (χ4v) is 2.55. The predicted molar refractivity (Wildman–Crippen MR) is 85.4 cm³/mol. The molecule has 1 aliphatic rings. The van der Waals surface area contributed by atoms with Crippen molar-refractivity contribution in [3.63, 3.8) is 0 Å². The first-order valence-corrected chi connectivity index (χ1v) is 7.81. The van der Waals surface area contributed by atoms with Gasteiger partial charge in [0, 0.05) is 17.2 Å². The van der Waals surface area contributed by atoms with Crippen LogP contribution in [-0.2, 0) is 4.79 Å². The Morgan fingerprint density at radius 3 is 2.91 bits per heavy atom. The van der Waals surface area contributed by atoms with Crippen molar-refractivity contribution in [2.75, 3.05) is 5.32 Å². The van der Waals surface area contributed by atoms with Gasteiger partial charge in [0.2, 0.25) is 0 Å². The normalized spacial score (nSPS) is 15.3. The number of carbonyl (C=O) groups is 1. The molecule has 0 spiro atoms. The van der Waals surface area contributed by atoms with Crippen molar-refractivity contribution in [3.05, 3.63) is 40.3 Å². The number of anilines is 1. The number of carbonyl (C=O) groups excluding carboxylic acids is 1. The Labute approximate surface area is 138 Å². The Kier molecular flexibility index (Phi) is 4.26. The molecule has 1 aromatic carbocycles. The molecule has 1 amide bonds. The zero-order valence-corrected chi connectivity index (χ0v) is 13.6. The highest BCUT2D eigenvalue weighted by Crippen LogP contribution is 2.41. The van der Waals surface area contributed by atoms with Crippen LogP contribution in [0.1, 0.15) is 36.9 Å². The maximum atomic E-state index is 13.0. The summed E-state index contributed by atoms with van der Waals surface area (Å²) in [6.45, 7) is 3.52. The van der Waals surface area contributed by atoms with Crippen LogP contribution in [0.4, 0.5) is 10.2 Å². The molecule has 2 aromatic rings. The van der Waals surface area contributed by atoms with E-state index in [1.54, 1.807) is 6.92 Å². The molecule has 5 nitrogen and oxygen atoms in total. The van der Waals surface area contributed by atoms with Crippen LogP contribution in [-0.4, -0.2) is 22.2 Å². The topological polar surface area (TPSA) is 67.0 Å². The van der Waals surface area contributed by atoms with Crippen molar-refractivity contribution < 1.29 is 13.9 Å². The van der Waals surface area contributed by atoms with Gasteiger partial charge in [-0.25, -0.2) is 4.39 Å². The van der Waals surface area contributed by atoms with Crippen molar-refractivity contribution in [3.8, 4) is 5.75 Å². The highest BCUT2D eigenvalue weighted by atomic mass is 35.5. The van der Waals surface area contributed by atoms with Gasteiger partial charge in [0.25, 0.3) is 5.91 Å². The zero-order valence-electron chi connectivity index (χ0n) is 12.8. The van der Waals surface area contributed by atoms with Gasteiger partial charge in [-0.05, 0) is 44.9 Å². The molecule has 1 atom stereocenters. The average Bonchev–Trinajstić information content (AvgIpc) is 3.28. The van der Waals surface area contributed by atoms with E-state index in [9.17, 15) is 9.18 Å². The summed E-state index contributed by atoms with van der Waals surface area (Å²) in [5.41, 5.74) is 2.03. The number of halogens is 2. The summed E-state index contributed by atoms with van der Waals surface area (Å²) < 4.78 is 18.5. The van der Waals surface area contributed by atoms with Crippen LogP contribution < -0.4 is 10.1 Å². The van der Waals surface area contributed by atoms with Crippen molar-refractivity contribution in [1.82, 2.24) is 10.2 Å². The van der Waals surface area contributed by atoms with E-state index in [1.165, 1.54) is 12.1 Å². The molecule has 2 N–H and O–H groups in total. The summed E-state index contributed by atoms with van der Waals surface area (Å²) in [5, 5.41) is 9.99. The number of hydrogen-bond donors (Lipinski definition) is 2. The van der Waals surface area contributed by atoms with Gasteiger partial charge < -0.3 is 10.1 Å². The molecule has 1 fully saturated rings. The van der Waals surface area contributed by atoms with Crippen molar-refractivity contribution in [2.24, 2.45) is 0 Å². The van der Waals surface area contributed by atoms with E-state index in [1.807, 2.05) is 6.92 Å². The summed E-state index contributed by atoms with van der Waals surface area (Å²) in [6, 6.07) is 3.76. The van der Waals surface area contributed by atoms with Crippen LogP contribution >= 0.6 is 11.6 Å². The summed E-state index contributed by atoms with van der Waals surface area (Å²) >= 11 is 5.89. The second-order valence-electron chi connectivity index (χ2n) is 5.71. The van der Waals surface area contributed by atoms with E-state index >= 15 is 0 Å². The molecular weight excluding hydrogens is 321 g/mol. The number of nitrogens with one attached hydrogen (secondary N) is 2. The summed E-state index contributed by atoms with van der Waals surface area (Å²) in [5.74, 6) is 0.493. The molecule has 0 aliphatic heterocycles. The third-order valence-electron chi connectivity index (χ3n) is 3.84. The number of ether oxygens (including phenoxy) is 1. The maximum Gasteiger partial charge on any atom is 0.266 e. The lowest BCUT2D eigenvalue weighted by Crippen LogP contribution is -2.30. The number of hydrogen-bond acceptors (Lipinski definition) is 3. The minimum absolute atomic E-state index is 0.122. The quantitative estimate of drug-likeness (QED) is 0.872. The van der Waals surface area contributed by atoms with Crippen molar-refractivity contribution >= 4 is 23.3 Å². The third kappa shape index (κ3) is 3.47. The molecule has 1 aliphatic carbocycles. The summed E-state index contributed by atoms with van der Waals surface area (Å²) in [6.07, 6.45) is 1.51. The maximum absolute atomic E-state index is 13.0. The van der Waals surface area contributed by atoms with Gasteiger partial charge in [0.05, 0.1) is 5.02 Å².